The molecule has 218 valence electrons. The zero-order chi connectivity index (χ0) is 29.2. The molecule has 0 aromatic heterocycles. The Balaban J connectivity index is -0.000000810. The van der Waals surface area contributed by atoms with E-state index in [2.05, 4.69) is 58.9 Å². The van der Waals surface area contributed by atoms with Crippen molar-refractivity contribution in [1.29, 1.82) is 0 Å². The van der Waals surface area contributed by atoms with Crippen molar-refractivity contribution in [3.8, 4) is 5.75 Å². The SMILES string of the molecule is CC.CC.CC(C)=C/C=C(\C)O.CCCC(CC)CCOC(C)Oc1ccc(C(CC)CC(C)C)cc1. The van der Waals surface area contributed by atoms with Crippen LogP contribution >= 0.6 is 0 Å². The fourth-order valence-corrected chi connectivity index (χ4v) is 3.80. The number of ether oxygens (including phenoxy) is 2. The first-order valence-electron chi connectivity index (χ1n) is 15.0. The molecule has 0 aliphatic rings. The average Bonchev–Trinajstić information content (AvgIpc) is 2.88. The van der Waals surface area contributed by atoms with Crippen LogP contribution in [-0.2, 0) is 4.74 Å². The molecular weight excluding hydrogens is 456 g/mol. The molecule has 1 rings (SSSR count). The average molecular weight is 521 g/mol. The van der Waals surface area contributed by atoms with Gasteiger partial charge >= 0.3 is 0 Å². The van der Waals surface area contributed by atoms with Crippen LogP contribution in [0.4, 0.5) is 0 Å². The van der Waals surface area contributed by atoms with E-state index in [0.29, 0.717) is 11.7 Å². The van der Waals surface area contributed by atoms with Gasteiger partial charge in [-0.2, -0.15) is 0 Å². The largest absolute Gasteiger partial charge is 0.513 e. The first-order chi connectivity index (χ1) is 17.6. The minimum absolute atomic E-state index is 0.192. The zero-order valence-electron chi connectivity index (χ0n) is 27.0. The quantitative estimate of drug-likeness (QED) is 0.150. The van der Waals surface area contributed by atoms with E-state index >= 15 is 0 Å². The van der Waals surface area contributed by atoms with Crippen LogP contribution in [0.3, 0.4) is 0 Å². The van der Waals surface area contributed by atoms with E-state index in [0.717, 1.165) is 30.6 Å². The van der Waals surface area contributed by atoms with Crippen molar-refractivity contribution in [2.75, 3.05) is 6.61 Å². The molecular formula is C34H64O3. The van der Waals surface area contributed by atoms with Crippen molar-refractivity contribution in [3.63, 3.8) is 0 Å². The van der Waals surface area contributed by atoms with E-state index in [1.165, 1.54) is 43.2 Å². The van der Waals surface area contributed by atoms with E-state index in [1.807, 2.05) is 54.5 Å². The Hall–Kier alpha value is -1.74. The smallest absolute Gasteiger partial charge is 0.196 e. The molecule has 3 unspecified atom stereocenters. The topological polar surface area (TPSA) is 38.7 Å². The molecule has 3 atom stereocenters. The Morgan fingerprint density at radius 3 is 1.78 bits per heavy atom. The molecule has 0 amide bonds. The zero-order valence-corrected chi connectivity index (χ0v) is 27.0. The highest BCUT2D eigenvalue weighted by atomic mass is 16.7. The maximum atomic E-state index is 8.62. The van der Waals surface area contributed by atoms with Crippen LogP contribution in [0.25, 0.3) is 0 Å². The van der Waals surface area contributed by atoms with Gasteiger partial charge in [-0.1, -0.05) is 105 Å². The van der Waals surface area contributed by atoms with Crippen molar-refractivity contribution in [2.45, 2.75) is 141 Å². The van der Waals surface area contributed by atoms with Crippen LogP contribution in [0.15, 0.2) is 47.7 Å². The molecule has 1 N–H and O–H groups in total. The van der Waals surface area contributed by atoms with Gasteiger partial charge in [0.05, 0.1) is 12.4 Å². The molecule has 0 aliphatic heterocycles. The summed E-state index contributed by atoms with van der Waals surface area (Å²) >= 11 is 0. The first kappa shape index (κ1) is 39.8. The van der Waals surface area contributed by atoms with Gasteiger partial charge in [0.2, 0.25) is 0 Å². The molecule has 37 heavy (non-hydrogen) atoms. The van der Waals surface area contributed by atoms with Crippen LogP contribution in [0.1, 0.15) is 140 Å². The van der Waals surface area contributed by atoms with Gasteiger partial charge in [-0.25, -0.2) is 0 Å². The van der Waals surface area contributed by atoms with E-state index in [-0.39, 0.29) is 6.29 Å². The maximum Gasteiger partial charge on any atom is 0.196 e. The highest BCUT2D eigenvalue weighted by molar-refractivity contribution is 5.29. The van der Waals surface area contributed by atoms with E-state index < -0.39 is 0 Å². The lowest BCUT2D eigenvalue weighted by Gasteiger charge is -2.20. The van der Waals surface area contributed by atoms with Gasteiger partial charge in [-0.05, 0) is 88.5 Å². The predicted molar refractivity (Wildman–Crippen MR) is 167 cm³/mol. The fourth-order valence-electron chi connectivity index (χ4n) is 3.80. The number of allylic oxidation sites excluding steroid dienone is 4. The van der Waals surface area contributed by atoms with Crippen molar-refractivity contribution in [1.82, 2.24) is 0 Å². The summed E-state index contributed by atoms with van der Waals surface area (Å²) in [6, 6.07) is 8.61. The number of aliphatic hydroxyl groups excluding tert-OH is 1. The fraction of sp³-hybridized carbons (Fsp3) is 0.706. The molecule has 0 spiro atoms. The lowest BCUT2D eigenvalue weighted by molar-refractivity contribution is -0.0706. The van der Waals surface area contributed by atoms with Gasteiger partial charge < -0.3 is 14.6 Å². The molecule has 0 saturated heterocycles. The highest BCUT2D eigenvalue weighted by Gasteiger charge is 2.12. The molecule has 3 heteroatoms. The lowest BCUT2D eigenvalue weighted by Crippen LogP contribution is -2.18. The second-order valence-electron chi connectivity index (χ2n) is 9.76. The maximum absolute atomic E-state index is 8.62. The van der Waals surface area contributed by atoms with Crippen LogP contribution in [0.2, 0.25) is 0 Å². The molecule has 0 fully saturated rings. The van der Waals surface area contributed by atoms with Crippen LogP contribution in [0, 0.1) is 11.8 Å². The van der Waals surface area contributed by atoms with Gasteiger partial charge in [-0.15, -0.1) is 0 Å². The summed E-state index contributed by atoms with van der Waals surface area (Å²) < 4.78 is 11.8. The standard InChI is InChI=1S/C23H40O2.C7H12O.2C2H6/c1-7-10-20(8-2)15-16-24-19(6)25-23-13-11-22(12-14-23)21(9-3)17-18(4)5;1-6(2)4-5-7(3)8;2*1-2/h11-14,18-21H,7-10,15-17H2,1-6H3;4-5,8H,1-3H3;2*1-2H3/b;7-5+;;. The number of hydrogen-bond acceptors (Lipinski definition) is 3. The van der Waals surface area contributed by atoms with E-state index in [1.54, 1.807) is 13.0 Å². The van der Waals surface area contributed by atoms with E-state index in [4.69, 9.17) is 14.6 Å². The van der Waals surface area contributed by atoms with Gasteiger partial charge in [-0.3, -0.25) is 0 Å². The number of benzene rings is 1. The summed E-state index contributed by atoms with van der Waals surface area (Å²) in [4.78, 5) is 0. The second-order valence-corrected chi connectivity index (χ2v) is 9.76. The molecule has 0 aliphatic carbocycles. The predicted octanol–water partition coefficient (Wildman–Crippen LogP) is 11.7. The third-order valence-corrected chi connectivity index (χ3v) is 5.71. The minimum Gasteiger partial charge on any atom is -0.513 e. The summed E-state index contributed by atoms with van der Waals surface area (Å²) in [7, 11) is 0. The number of hydrogen-bond donors (Lipinski definition) is 1. The van der Waals surface area contributed by atoms with Crippen molar-refractivity contribution >= 4 is 0 Å². The Morgan fingerprint density at radius 2 is 1.41 bits per heavy atom. The Labute approximate surface area is 232 Å². The molecule has 3 nitrogen and oxygen atoms in total. The monoisotopic (exact) mass is 520 g/mol. The molecule has 0 radical (unpaired) electrons. The lowest BCUT2D eigenvalue weighted by atomic mass is 9.88. The number of rotatable bonds is 14. The number of aliphatic hydroxyl groups is 1. The second kappa shape index (κ2) is 27.3. The van der Waals surface area contributed by atoms with Crippen molar-refractivity contribution in [3.05, 3.63) is 53.3 Å². The molecule has 1 aromatic carbocycles. The Bertz CT molecular complexity index is 634. The van der Waals surface area contributed by atoms with Gasteiger partial charge in [0, 0.05) is 0 Å². The molecule has 1 aromatic rings. The van der Waals surface area contributed by atoms with Crippen molar-refractivity contribution < 1.29 is 14.6 Å². The van der Waals surface area contributed by atoms with Crippen LogP contribution in [-0.4, -0.2) is 18.0 Å². The molecule has 0 saturated carbocycles. The normalized spacial score (nSPS) is 13.0. The summed E-state index contributed by atoms with van der Waals surface area (Å²) in [5.41, 5.74) is 2.61. The van der Waals surface area contributed by atoms with Crippen LogP contribution < -0.4 is 4.74 Å². The third-order valence-electron chi connectivity index (χ3n) is 5.71. The Morgan fingerprint density at radius 1 is 0.838 bits per heavy atom. The first-order valence-corrected chi connectivity index (χ1v) is 15.0. The van der Waals surface area contributed by atoms with Gasteiger partial charge in [0.25, 0.3) is 0 Å². The Kier molecular flexibility index (Phi) is 29.3. The van der Waals surface area contributed by atoms with Crippen LogP contribution in [0.5, 0.6) is 5.75 Å². The molecule has 0 bridgehead atoms. The summed E-state index contributed by atoms with van der Waals surface area (Å²) in [5.74, 6) is 3.41. The van der Waals surface area contributed by atoms with Gasteiger partial charge in [0.15, 0.2) is 6.29 Å². The summed E-state index contributed by atoms with van der Waals surface area (Å²) in [5, 5.41) is 8.62. The summed E-state index contributed by atoms with van der Waals surface area (Å²) in [6.45, 7) is 27.8. The highest BCUT2D eigenvalue weighted by Crippen LogP contribution is 2.28. The van der Waals surface area contributed by atoms with Crippen molar-refractivity contribution in [2.24, 2.45) is 11.8 Å². The van der Waals surface area contributed by atoms with E-state index in [9.17, 15) is 0 Å². The molecule has 0 heterocycles. The minimum atomic E-state index is -0.192. The van der Waals surface area contributed by atoms with Gasteiger partial charge in [0.1, 0.15) is 5.75 Å². The summed E-state index contributed by atoms with van der Waals surface area (Å²) in [6.07, 6.45) is 10.7. The third kappa shape index (κ3) is 24.4.